The van der Waals surface area contributed by atoms with Crippen LogP contribution in [0.4, 0.5) is 0 Å². The van der Waals surface area contributed by atoms with Crippen molar-refractivity contribution in [3.8, 4) is 11.8 Å². The number of aromatic nitrogens is 1. The Kier molecular flexibility index (Phi) is 5.56. The van der Waals surface area contributed by atoms with Gasteiger partial charge in [0, 0.05) is 18.2 Å². The van der Waals surface area contributed by atoms with Crippen LogP contribution in [-0.2, 0) is 31.9 Å². The van der Waals surface area contributed by atoms with Gasteiger partial charge in [0.1, 0.15) is 5.69 Å². The van der Waals surface area contributed by atoms with E-state index in [2.05, 4.69) is 16.8 Å². The van der Waals surface area contributed by atoms with Crippen molar-refractivity contribution in [1.82, 2.24) is 4.98 Å². The molecular weight excluding hydrogens is 342 g/mol. The van der Waals surface area contributed by atoms with Crippen LogP contribution in [0.15, 0.2) is 42.6 Å². The molecule has 0 unspecified atom stereocenters. The summed E-state index contributed by atoms with van der Waals surface area (Å²) in [5.41, 5.74) is 1.89. The Morgan fingerprint density at radius 3 is 2.26 bits per heavy atom. The van der Waals surface area contributed by atoms with E-state index in [0.717, 1.165) is 16.7 Å². The largest absolute Gasteiger partial charge is 0.465 e. The number of benzene rings is 1. The number of hydrogen-bond acceptors (Lipinski definition) is 5. The summed E-state index contributed by atoms with van der Waals surface area (Å²) in [6.07, 6.45) is 2.16. The third kappa shape index (κ3) is 3.85. The van der Waals surface area contributed by atoms with E-state index < -0.39 is 17.4 Å². The van der Waals surface area contributed by atoms with Gasteiger partial charge in [-0.25, -0.2) is 4.98 Å². The molecule has 0 saturated heterocycles. The van der Waals surface area contributed by atoms with Gasteiger partial charge >= 0.3 is 11.9 Å². The first kappa shape index (κ1) is 18.7. The van der Waals surface area contributed by atoms with Crippen molar-refractivity contribution in [2.75, 3.05) is 13.2 Å². The molecule has 1 aliphatic carbocycles. The zero-order valence-electron chi connectivity index (χ0n) is 15.5. The third-order valence-electron chi connectivity index (χ3n) is 4.51. The van der Waals surface area contributed by atoms with Gasteiger partial charge in [-0.1, -0.05) is 24.1 Å². The molecule has 0 saturated carbocycles. The van der Waals surface area contributed by atoms with Crippen LogP contribution in [-0.4, -0.2) is 30.1 Å². The molecule has 5 heteroatoms. The molecule has 3 rings (SSSR count). The fourth-order valence-corrected chi connectivity index (χ4v) is 3.20. The first-order chi connectivity index (χ1) is 13.1. The predicted octanol–water partition coefficient (Wildman–Crippen LogP) is 2.69. The SMILES string of the molecule is CCOC(=O)C1(C(=O)OCC)Cc2cnc(C#Cc3ccccc3)cc2C1. The minimum atomic E-state index is -1.33. The molecule has 5 nitrogen and oxygen atoms in total. The lowest BCUT2D eigenvalue weighted by molar-refractivity contribution is -0.171. The number of rotatable bonds is 4. The van der Waals surface area contributed by atoms with Gasteiger partial charge in [0.05, 0.1) is 13.2 Å². The lowest BCUT2D eigenvalue weighted by atomic mass is 9.85. The van der Waals surface area contributed by atoms with Crippen molar-refractivity contribution in [2.24, 2.45) is 5.41 Å². The summed E-state index contributed by atoms with van der Waals surface area (Å²) in [4.78, 5) is 29.5. The second-order valence-corrected chi connectivity index (χ2v) is 6.33. The first-order valence-electron chi connectivity index (χ1n) is 8.98. The molecule has 0 atom stereocenters. The molecule has 0 spiro atoms. The van der Waals surface area contributed by atoms with Gasteiger partial charge in [0.25, 0.3) is 0 Å². The van der Waals surface area contributed by atoms with Gasteiger partial charge in [-0.15, -0.1) is 0 Å². The topological polar surface area (TPSA) is 65.5 Å². The van der Waals surface area contributed by atoms with Gasteiger partial charge in [-0.05, 0) is 55.5 Å². The number of ether oxygens (including phenoxy) is 2. The average molecular weight is 363 g/mol. The third-order valence-corrected chi connectivity index (χ3v) is 4.51. The summed E-state index contributed by atoms with van der Waals surface area (Å²) in [6.45, 7) is 3.86. The number of esters is 2. The Labute approximate surface area is 158 Å². The van der Waals surface area contributed by atoms with Crippen molar-refractivity contribution in [3.63, 3.8) is 0 Å². The zero-order chi connectivity index (χ0) is 19.3. The van der Waals surface area contributed by atoms with Crippen molar-refractivity contribution < 1.29 is 19.1 Å². The summed E-state index contributed by atoms with van der Waals surface area (Å²) in [5.74, 6) is 5.01. The van der Waals surface area contributed by atoms with Crippen molar-refractivity contribution in [1.29, 1.82) is 0 Å². The highest BCUT2D eigenvalue weighted by Gasteiger charge is 2.53. The van der Waals surface area contributed by atoms with Gasteiger partial charge in [-0.2, -0.15) is 0 Å². The maximum Gasteiger partial charge on any atom is 0.324 e. The minimum Gasteiger partial charge on any atom is -0.465 e. The molecule has 0 N–H and O–H groups in total. The van der Waals surface area contributed by atoms with Crippen LogP contribution in [0, 0.1) is 17.3 Å². The Morgan fingerprint density at radius 2 is 1.63 bits per heavy atom. The molecular formula is C22H21NO4. The highest BCUT2D eigenvalue weighted by molar-refractivity contribution is 6.01. The van der Waals surface area contributed by atoms with Gasteiger partial charge in [0.2, 0.25) is 0 Å². The van der Waals surface area contributed by atoms with E-state index in [9.17, 15) is 9.59 Å². The number of hydrogen-bond donors (Lipinski definition) is 0. The molecule has 138 valence electrons. The maximum atomic E-state index is 12.6. The van der Waals surface area contributed by atoms with E-state index in [-0.39, 0.29) is 26.1 Å². The molecule has 0 radical (unpaired) electrons. The van der Waals surface area contributed by atoms with Crippen molar-refractivity contribution in [3.05, 3.63) is 65.0 Å². The molecule has 2 aromatic rings. The Balaban J connectivity index is 1.89. The molecule has 0 amide bonds. The first-order valence-corrected chi connectivity index (χ1v) is 8.98. The van der Waals surface area contributed by atoms with Crippen LogP contribution in [0.25, 0.3) is 0 Å². The number of pyridine rings is 1. The van der Waals surface area contributed by atoms with Crippen LogP contribution >= 0.6 is 0 Å². The maximum absolute atomic E-state index is 12.6. The zero-order valence-corrected chi connectivity index (χ0v) is 15.5. The van der Waals surface area contributed by atoms with Crippen LogP contribution < -0.4 is 0 Å². The van der Waals surface area contributed by atoms with Crippen LogP contribution in [0.5, 0.6) is 0 Å². The highest BCUT2D eigenvalue weighted by atomic mass is 16.6. The quantitative estimate of drug-likeness (QED) is 0.475. The summed E-state index contributed by atoms with van der Waals surface area (Å²) in [7, 11) is 0. The number of carbonyl (C=O) groups excluding carboxylic acids is 2. The van der Waals surface area contributed by atoms with Crippen LogP contribution in [0.2, 0.25) is 0 Å². The van der Waals surface area contributed by atoms with Crippen molar-refractivity contribution in [2.45, 2.75) is 26.7 Å². The molecule has 1 heterocycles. The van der Waals surface area contributed by atoms with E-state index >= 15 is 0 Å². The monoisotopic (exact) mass is 363 g/mol. The summed E-state index contributed by atoms with van der Waals surface area (Å²) < 4.78 is 10.4. The number of fused-ring (bicyclic) bond motifs is 1. The molecule has 27 heavy (non-hydrogen) atoms. The normalized spacial score (nSPS) is 13.9. The molecule has 1 aliphatic rings. The average Bonchev–Trinajstić information content (AvgIpc) is 3.08. The lowest BCUT2D eigenvalue weighted by Crippen LogP contribution is -2.43. The van der Waals surface area contributed by atoms with Gasteiger partial charge in [0.15, 0.2) is 5.41 Å². The molecule has 0 bridgehead atoms. The van der Waals surface area contributed by atoms with Gasteiger partial charge in [-0.3, -0.25) is 9.59 Å². The second-order valence-electron chi connectivity index (χ2n) is 6.33. The lowest BCUT2D eigenvalue weighted by Gasteiger charge is -2.23. The van der Waals surface area contributed by atoms with E-state index in [1.54, 1.807) is 20.0 Å². The fraction of sp³-hybridized carbons (Fsp3) is 0.318. The molecule has 0 fully saturated rings. The number of carbonyl (C=O) groups is 2. The Hall–Kier alpha value is -3.13. The molecule has 1 aromatic heterocycles. The van der Waals surface area contributed by atoms with Crippen molar-refractivity contribution >= 4 is 11.9 Å². The van der Waals surface area contributed by atoms with Gasteiger partial charge < -0.3 is 9.47 Å². The number of nitrogens with zero attached hydrogens (tertiary/aromatic N) is 1. The predicted molar refractivity (Wildman–Crippen MR) is 99.8 cm³/mol. The summed E-state index contributed by atoms with van der Waals surface area (Å²) in [5, 5.41) is 0. The van der Waals surface area contributed by atoms with Crippen LogP contribution in [0.3, 0.4) is 0 Å². The summed E-state index contributed by atoms with van der Waals surface area (Å²) >= 11 is 0. The fourth-order valence-electron chi connectivity index (χ4n) is 3.20. The summed E-state index contributed by atoms with van der Waals surface area (Å²) in [6, 6.07) is 11.5. The Morgan fingerprint density at radius 1 is 1.00 bits per heavy atom. The van der Waals surface area contributed by atoms with E-state index in [1.165, 1.54) is 0 Å². The molecule has 1 aromatic carbocycles. The molecule has 0 aliphatic heterocycles. The minimum absolute atomic E-state index is 0.211. The van der Waals surface area contributed by atoms with E-state index in [4.69, 9.17) is 9.47 Å². The second kappa shape index (κ2) is 8.05. The highest BCUT2D eigenvalue weighted by Crippen LogP contribution is 2.39. The van der Waals surface area contributed by atoms with Crippen LogP contribution in [0.1, 0.15) is 36.2 Å². The van der Waals surface area contributed by atoms with E-state index in [0.29, 0.717) is 5.69 Å². The standard InChI is InChI=1S/C22H21NO4/c1-3-26-20(24)22(21(25)27-4-2)13-17-12-19(23-15-18(17)14-22)11-10-16-8-6-5-7-9-16/h5-9,12,15H,3-4,13-14H2,1-2H3. The Bertz CT molecular complexity index is 891. The smallest absolute Gasteiger partial charge is 0.324 e. The van der Waals surface area contributed by atoms with E-state index in [1.807, 2.05) is 36.4 Å².